The van der Waals surface area contributed by atoms with Gasteiger partial charge < -0.3 is 10.4 Å². The van der Waals surface area contributed by atoms with Crippen LogP contribution in [0.15, 0.2) is 48.8 Å². The second kappa shape index (κ2) is 12.9. The molecule has 0 aliphatic rings. The van der Waals surface area contributed by atoms with Gasteiger partial charge in [0.1, 0.15) is 17.3 Å². The molecule has 0 aliphatic heterocycles. The van der Waals surface area contributed by atoms with E-state index in [4.69, 9.17) is 23.2 Å². The molecule has 1 atom stereocenters. The van der Waals surface area contributed by atoms with Gasteiger partial charge in [-0.15, -0.1) is 10.2 Å². The molecule has 0 radical (unpaired) electrons. The quantitative estimate of drug-likeness (QED) is 0.176. The topological polar surface area (TPSA) is 123 Å². The van der Waals surface area contributed by atoms with E-state index >= 15 is 0 Å². The average molecular weight is 565 g/mol. The lowest BCUT2D eigenvalue weighted by atomic mass is 10.1. The average Bonchev–Trinajstić information content (AvgIpc) is 3.54. The highest BCUT2D eigenvalue weighted by molar-refractivity contribution is 6.30. The highest BCUT2D eigenvalue weighted by atomic mass is 35.5. The predicted molar refractivity (Wildman–Crippen MR) is 136 cm³/mol. The van der Waals surface area contributed by atoms with E-state index in [1.165, 1.54) is 36.4 Å². The number of carbonyl (C=O) groups excluding carboxylic acids is 1. The number of aryl methyl sites for hydroxylation is 2. The lowest BCUT2D eigenvalue weighted by Gasteiger charge is -2.10. The molecule has 0 spiro atoms. The van der Waals surface area contributed by atoms with Gasteiger partial charge in [-0.3, -0.25) is 19.5 Å². The molecule has 4 aromatic rings. The molecule has 0 aliphatic carbocycles. The summed E-state index contributed by atoms with van der Waals surface area (Å²) in [6.07, 6.45) is 3.36. The number of aromatic nitrogens is 6. The van der Waals surface area contributed by atoms with Crippen molar-refractivity contribution >= 4 is 34.9 Å². The van der Waals surface area contributed by atoms with Gasteiger partial charge in [-0.05, 0) is 54.8 Å². The van der Waals surface area contributed by atoms with Crippen LogP contribution in [0.4, 0.5) is 14.6 Å². The molecule has 3 N–H and O–H groups in total. The summed E-state index contributed by atoms with van der Waals surface area (Å²) in [6, 6.07) is 8.25. The Morgan fingerprint density at radius 2 is 1.53 bits per heavy atom. The van der Waals surface area contributed by atoms with E-state index in [0.29, 0.717) is 34.4 Å². The highest BCUT2D eigenvalue weighted by Gasteiger charge is 2.14. The molecule has 1 unspecified atom stereocenters. The lowest BCUT2D eigenvalue weighted by Crippen LogP contribution is -2.21. The number of hydrogen-bond donors (Lipinski definition) is 3. The monoisotopic (exact) mass is 564 g/mol. The van der Waals surface area contributed by atoms with Crippen LogP contribution < -0.4 is 10.6 Å². The van der Waals surface area contributed by atoms with Crippen molar-refractivity contribution in [3.8, 4) is 0 Å². The van der Waals surface area contributed by atoms with Gasteiger partial charge in [-0.2, -0.15) is 0 Å². The fraction of sp³-hybridized carbons (Fsp3) is 0.292. The summed E-state index contributed by atoms with van der Waals surface area (Å²) in [5, 5.41) is 32.3. The number of unbranched alkanes of at least 4 members (excludes halogenated alkanes) is 1. The number of aliphatic hydroxyl groups excluding tert-OH is 1. The van der Waals surface area contributed by atoms with Crippen LogP contribution in [-0.4, -0.2) is 41.0 Å². The second-order valence-electron chi connectivity index (χ2n) is 8.46. The third kappa shape index (κ3) is 7.78. The van der Waals surface area contributed by atoms with Crippen LogP contribution in [-0.2, 0) is 30.8 Å². The van der Waals surface area contributed by atoms with Crippen molar-refractivity contribution in [2.75, 3.05) is 5.32 Å². The van der Waals surface area contributed by atoms with Gasteiger partial charge in [0.05, 0.1) is 18.8 Å². The van der Waals surface area contributed by atoms with Crippen molar-refractivity contribution in [3.63, 3.8) is 0 Å². The largest absolute Gasteiger partial charge is 0.373 e. The Balaban J connectivity index is 1.17. The first kappa shape index (κ1) is 27.6. The van der Waals surface area contributed by atoms with Gasteiger partial charge in [0.15, 0.2) is 12.0 Å². The number of aliphatic hydroxyl groups is 1. The van der Waals surface area contributed by atoms with E-state index in [1.54, 1.807) is 21.8 Å². The molecule has 0 fully saturated rings. The molecule has 14 heteroatoms. The first-order valence-electron chi connectivity index (χ1n) is 11.7. The van der Waals surface area contributed by atoms with Crippen LogP contribution in [0, 0.1) is 11.6 Å². The summed E-state index contributed by atoms with van der Waals surface area (Å²) in [7, 11) is 0. The molecule has 200 valence electrons. The Morgan fingerprint density at radius 3 is 2.24 bits per heavy atom. The zero-order chi connectivity index (χ0) is 27.1. The van der Waals surface area contributed by atoms with Gasteiger partial charge in [0, 0.05) is 35.2 Å². The SMILES string of the molecule is O=C(Cc1cc(Cl)ccc1F)Nc1cn(CCCCn2cc(C(O)NCc3cc(Cl)ccc3F)nn2)nn1. The van der Waals surface area contributed by atoms with E-state index in [0.717, 1.165) is 12.8 Å². The van der Waals surface area contributed by atoms with Crippen molar-refractivity contribution in [3.05, 3.63) is 87.3 Å². The van der Waals surface area contributed by atoms with Crippen LogP contribution in [0.25, 0.3) is 0 Å². The van der Waals surface area contributed by atoms with Crippen LogP contribution in [0.1, 0.15) is 35.9 Å². The minimum atomic E-state index is -1.12. The summed E-state index contributed by atoms with van der Waals surface area (Å²) in [6.45, 7) is 1.16. The van der Waals surface area contributed by atoms with Crippen molar-refractivity contribution < 1.29 is 18.7 Å². The van der Waals surface area contributed by atoms with Crippen molar-refractivity contribution in [2.45, 2.75) is 45.1 Å². The number of rotatable bonds is 12. The third-order valence-electron chi connectivity index (χ3n) is 5.52. The molecule has 0 saturated carbocycles. The van der Waals surface area contributed by atoms with Gasteiger partial charge in [0.2, 0.25) is 5.91 Å². The molecular formula is C24H24Cl2F2N8O2. The molecule has 0 bridgehead atoms. The summed E-state index contributed by atoms with van der Waals surface area (Å²) in [4.78, 5) is 12.2. The first-order valence-corrected chi connectivity index (χ1v) is 12.4. The Morgan fingerprint density at radius 1 is 0.921 bits per heavy atom. The minimum absolute atomic E-state index is 0.0677. The van der Waals surface area contributed by atoms with E-state index < -0.39 is 23.8 Å². The molecule has 1 amide bonds. The van der Waals surface area contributed by atoms with Crippen LogP contribution in [0.3, 0.4) is 0 Å². The van der Waals surface area contributed by atoms with Gasteiger partial charge >= 0.3 is 0 Å². The van der Waals surface area contributed by atoms with Crippen LogP contribution in [0.5, 0.6) is 0 Å². The number of halogens is 4. The molecule has 2 aromatic carbocycles. The number of carbonyl (C=O) groups is 1. The van der Waals surface area contributed by atoms with Crippen molar-refractivity contribution in [1.29, 1.82) is 0 Å². The first-order chi connectivity index (χ1) is 18.3. The number of nitrogens with zero attached hydrogens (tertiary/aromatic N) is 6. The van der Waals surface area contributed by atoms with Crippen LogP contribution in [0.2, 0.25) is 10.0 Å². The van der Waals surface area contributed by atoms with Crippen molar-refractivity contribution in [1.82, 2.24) is 35.3 Å². The fourth-order valence-corrected chi connectivity index (χ4v) is 3.98. The summed E-state index contributed by atoms with van der Waals surface area (Å²) >= 11 is 11.7. The summed E-state index contributed by atoms with van der Waals surface area (Å²) in [5.41, 5.74) is 0.827. The maximum Gasteiger partial charge on any atom is 0.230 e. The van der Waals surface area contributed by atoms with Gasteiger partial charge in [-0.25, -0.2) is 8.78 Å². The summed E-state index contributed by atoms with van der Waals surface area (Å²) in [5.74, 6) is -1.11. The number of anilines is 1. The highest BCUT2D eigenvalue weighted by Crippen LogP contribution is 2.17. The van der Waals surface area contributed by atoms with Crippen LogP contribution >= 0.6 is 23.2 Å². The Hall–Kier alpha value is -3.45. The lowest BCUT2D eigenvalue weighted by molar-refractivity contribution is -0.115. The normalized spacial score (nSPS) is 12.0. The number of benzene rings is 2. The van der Waals surface area contributed by atoms with Gasteiger partial charge in [0.25, 0.3) is 0 Å². The molecule has 38 heavy (non-hydrogen) atoms. The molecule has 2 aromatic heterocycles. The standard InChI is InChI=1S/C24H24Cl2F2N8O2/c25-17-3-5-19(27)15(9-17)11-23(37)30-22-14-36(34-32-22)8-2-1-7-35-13-21(31-33-35)24(38)29-12-16-10-18(26)4-6-20(16)28/h3-6,9-10,13-14,24,29,38H,1-2,7-8,11-12H2,(H,30,37). The van der Waals surface area contributed by atoms with E-state index in [9.17, 15) is 18.7 Å². The molecule has 10 nitrogen and oxygen atoms in total. The van der Waals surface area contributed by atoms with E-state index in [-0.39, 0.29) is 24.3 Å². The van der Waals surface area contributed by atoms with E-state index in [1.807, 2.05) is 0 Å². The maximum atomic E-state index is 13.8. The van der Waals surface area contributed by atoms with Crippen molar-refractivity contribution in [2.24, 2.45) is 0 Å². The Kier molecular flexibility index (Phi) is 9.34. The molecular weight excluding hydrogens is 541 g/mol. The smallest absolute Gasteiger partial charge is 0.230 e. The third-order valence-corrected chi connectivity index (χ3v) is 5.99. The predicted octanol–water partition coefficient (Wildman–Crippen LogP) is 3.90. The number of amides is 1. The summed E-state index contributed by atoms with van der Waals surface area (Å²) < 4.78 is 30.8. The Labute approximate surface area is 226 Å². The van der Waals surface area contributed by atoms with E-state index in [2.05, 4.69) is 31.3 Å². The van der Waals surface area contributed by atoms with Gasteiger partial charge in [-0.1, -0.05) is 33.6 Å². The zero-order valence-electron chi connectivity index (χ0n) is 20.0. The second-order valence-corrected chi connectivity index (χ2v) is 9.33. The molecule has 0 saturated heterocycles. The number of hydrogen-bond acceptors (Lipinski definition) is 7. The minimum Gasteiger partial charge on any atom is -0.373 e. The Bertz CT molecular complexity index is 1400. The molecule has 4 rings (SSSR count). The maximum absolute atomic E-state index is 13.8. The molecule has 2 heterocycles. The number of nitrogens with one attached hydrogen (secondary N) is 2. The zero-order valence-corrected chi connectivity index (χ0v) is 21.5. The fourth-order valence-electron chi connectivity index (χ4n) is 3.59.